The Hall–Kier alpha value is -2.08. The van der Waals surface area contributed by atoms with E-state index in [4.69, 9.17) is 0 Å². The number of anilines is 1. The molecule has 1 heterocycles. The fourth-order valence-corrected chi connectivity index (χ4v) is 4.88. The second-order valence-electron chi connectivity index (χ2n) is 6.45. The first-order chi connectivity index (χ1) is 11.4. The average Bonchev–Trinajstić information content (AvgIpc) is 2.93. The molecule has 0 bridgehead atoms. The third-order valence-corrected chi connectivity index (χ3v) is 6.45. The first kappa shape index (κ1) is 16.8. The average molecular weight is 346 g/mol. The molecule has 1 aliphatic rings. The van der Waals surface area contributed by atoms with Crippen LogP contribution in [0.1, 0.15) is 6.42 Å². The molecule has 0 spiro atoms. The fourth-order valence-electron chi connectivity index (χ4n) is 3.10. The van der Waals surface area contributed by atoms with Crippen LogP contribution < -0.4 is 4.90 Å². The van der Waals surface area contributed by atoms with E-state index in [-0.39, 0.29) is 30.0 Å². The molecule has 24 heavy (non-hydrogen) atoms. The number of hydrogen-bond donors (Lipinski definition) is 0. The maximum atomic E-state index is 12.5. The molecule has 0 aliphatic carbocycles. The van der Waals surface area contributed by atoms with Crippen LogP contribution in [0.2, 0.25) is 0 Å². The van der Waals surface area contributed by atoms with Gasteiger partial charge in [0.2, 0.25) is 5.91 Å². The maximum absolute atomic E-state index is 12.5. The second kappa shape index (κ2) is 6.43. The molecule has 0 aromatic heterocycles. The van der Waals surface area contributed by atoms with Crippen LogP contribution in [0.4, 0.5) is 5.69 Å². The third-order valence-electron chi connectivity index (χ3n) is 4.70. The van der Waals surface area contributed by atoms with Crippen molar-refractivity contribution in [1.29, 1.82) is 0 Å². The Kier molecular flexibility index (Phi) is 4.49. The molecule has 1 saturated heterocycles. The van der Waals surface area contributed by atoms with E-state index in [1.165, 1.54) is 0 Å². The summed E-state index contributed by atoms with van der Waals surface area (Å²) in [6, 6.07) is 14.0. The van der Waals surface area contributed by atoms with E-state index in [1.807, 2.05) is 42.3 Å². The van der Waals surface area contributed by atoms with Gasteiger partial charge in [0, 0.05) is 25.8 Å². The molecule has 128 valence electrons. The molecule has 2 aromatic carbocycles. The summed E-state index contributed by atoms with van der Waals surface area (Å²) in [5, 5.41) is 2.29. The molecule has 1 unspecified atom stereocenters. The summed E-state index contributed by atoms with van der Waals surface area (Å²) >= 11 is 0. The van der Waals surface area contributed by atoms with Gasteiger partial charge < -0.3 is 9.80 Å². The summed E-state index contributed by atoms with van der Waals surface area (Å²) in [5.41, 5.74) is 0.967. The highest BCUT2D eigenvalue weighted by Crippen LogP contribution is 2.22. The molecular formula is C18H22N2O3S. The Morgan fingerprint density at radius 1 is 1.12 bits per heavy atom. The van der Waals surface area contributed by atoms with Gasteiger partial charge in [-0.15, -0.1) is 0 Å². The Bertz CT molecular complexity index is 863. The topological polar surface area (TPSA) is 57.7 Å². The number of carbonyl (C=O) groups is 1. The molecule has 1 atom stereocenters. The van der Waals surface area contributed by atoms with Crippen LogP contribution in [0.25, 0.3) is 10.8 Å². The number of hydrogen-bond acceptors (Lipinski definition) is 4. The standard InChI is InChI=1S/C18H22N2O3S/c1-19(16-8-7-14-5-3-4-6-15(14)11-16)12-18(21)20(2)17-9-10-24(22,23)13-17/h3-8,11,17H,9-10,12-13H2,1-2H3. The van der Waals surface area contributed by atoms with Crippen molar-refractivity contribution in [3.63, 3.8) is 0 Å². The SMILES string of the molecule is CN(CC(=O)N(C)C1CCS(=O)(=O)C1)c1ccc2ccccc2c1. The van der Waals surface area contributed by atoms with Crippen molar-refractivity contribution in [3.8, 4) is 0 Å². The lowest BCUT2D eigenvalue weighted by Crippen LogP contribution is -2.43. The fraction of sp³-hybridized carbons (Fsp3) is 0.389. The van der Waals surface area contributed by atoms with Crippen molar-refractivity contribution in [2.45, 2.75) is 12.5 Å². The van der Waals surface area contributed by atoms with Crippen molar-refractivity contribution in [1.82, 2.24) is 4.90 Å². The summed E-state index contributed by atoms with van der Waals surface area (Å²) in [5.74, 6) is 0.192. The number of fused-ring (bicyclic) bond motifs is 1. The molecule has 0 N–H and O–H groups in total. The Morgan fingerprint density at radius 2 is 1.83 bits per heavy atom. The predicted octanol–water partition coefficient (Wildman–Crippen LogP) is 1.92. The van der Waals surface area contributed by atoms with E-state index in [0.29, 0.717) is 6.42 Å². The van der Waals surface area contributed by atoms with E-state index in [2.05, 4.69) is 12.1 Å². The van der Waals surface area contributed by atoms with E-state index in [1.54, 1.807) is 11.9 Å². The quantitative estimate of drug-likeness (QED) is 0.849. The van der Waals surface area contributed by atoms with Crippen LogP contribution in [0, 0.1) is 0 Å². The van der Waals surface area contributed by atoms with Gasteiger partial charge >= 0.3 is 0 Å². The van der Waals surface area contributed by atoms with E-state index >= 15 is 0 Å². The van der Waals surface area contributed by atoms with E-state index in [9.17, 15) is 13.2 Å². The molecule has 3 rings (SSSR count). The van der Waals surface area contributed by atoms with Gasteiger partial charge in [0.1, 0.15) is 0 Å². The maximum Gasteiger partial charge on any atom is 0.242 e. The number of sulfone groups is 1. The number of nitrogens with zero attached hydrogens (tertiary/aromatic N) is 2. The lowest BCUT2D eigenvalue weighted by atomic mass is 10.1. The number of rotatable bonds is 4. The van der Waals surface area contributed by atoms with Crippen molar-refractivity contribution in [2.24, 2.45) is 0 Å². The molecule has 6 heteroatoms. The Balaban J connectivity index is 1.68. The van der Waals surface area contributed by atoms with Gasteiger partial charge in [-0.2, -0.15) is 0 Å². The zero-order valence-corrected chi connectivity index (χ0v) is 14.8. The summed E-state index contributed by atoms with van der Waals surface area (Å²) < 4.78 is 23.2. The van der Waals surface area contributed by atoms with Crippen LogP contribution in [0.5, 0.6) is 0 Å². The minimum absolute atomic E-state index is 0.0623. The Labute approximate surface area is 142 Å². The Morgan fingerprint density at radius 3 is 2.50 bits per heavy atom. The van der Waals surface area contributed by atoms with Gasteiger partial charge in [-0.25, -0.2) is 8.42 Å². The highest BCUT2D eigenvalue weighted by molar-refractivity contribution is 7.91. The summed E-state index contributed by atoms with van der Waals surface area (Å²) in [7, 11) is 0.586. The van der Waals surface area contributed by atoms with Gasteiger partial charge in [0.15, 0.2) is 9.84 Å². The van der Waals surface area contributed by atoms with Crippen LogP contribution in [-0.2, 0) is 14.6 Å². The van der Waals surface area contributed by atoms with Gasteiger partial charge in [0.05, 0.1) is 18.1 Å². The molecule has 1 aliphatic heterocycles. The van der Waals surface area contributed by atoms with Gasteiger partial charge in [-0.1, -0.05) is 30.3 Å². The minimum Gasteiger partial charge on any atom is -0.365 e. The van der Waals surface area contributed by atoms with Crippen LogP contribution in [-0.4, -0.2) is 57.4 Å². The number of amides is 1. The largest absolute Gasteiger partial charge is 0.365 e. The zero-order valence-electron chi connectivity index (χ0n) is 14.0. The van der Waals surface area contributed by atoms with Crippen LogP contribution in [0.3, 0.4) is 0 Å². The second-order valence-corrected chi connectivity index (χ2v) is 8.68. The lowest BCUT2D eigenvalue weighted by molar-refractivity contribution is -0.130. The number of likely N-dealkylation sites (N-methyl/N-ethyl adjacent to an activating group) is 2. The molecule has 1 fully saturated rings. The molecule has 2 aromatic rings. The monoisotopic (exact) mass is 346 g/mol. The van der Waals surface area contributed by atoms with Gasteiger partial charge in [0.25, 0.3) is 0 Å². The number of benzene rings is 2. The predicted molar refractivity (Wildman–Crippen MR) is 97.0 cm³/mol. The normalized spacial score (nSPS) is 19.3. The van der Waals surface area contributed by atoms with Crippen molar-refractivity contribution in [3.05, 3.63) is 42.5 Å². The first-order valence-electron chi connectivity index (χ1n) is 8.02. The highest BCUT2D eigenvalue weighted by atomic mass is 32.2. The molecular weight excluding hydrogens is 324 g/mol. The van der Waals surface area contributed by atoms with E-state index in [0.717, 1.165) is 16.5 Å². The van der Waals surface area contributed by atoms with Crippen molar-refractivity contribution >= 4 is 32.2 Å². The third kappa shape index (κ3) is 3.53. The van der Waals surface area contributed by atoms with Crippen LogP contribution in [0.15, 0.2) is 42.5 Å². The molecule has 0 saturated carbocycles. The van der Waals surface area contributed by atoms with Gasteiger partial charge in [-0.05, 0) is 29.3 Å². The molecule has 5 nitrogen and oxygen atoms in total. The van der Waals surface area contributed by atoms with Gasteiger partial charge in [-0.3, -0.25) is 4.79 Å². The number of carbonyl (C=O) groups excluding carboxylic acids is 1. The highest BCUT2D eigenvalue weighted by Gasteiger charge is 2.32. The zero-order chi connectivity index (χ0) is 17.3. The molecule has 0 radical (unpaired) electrons. The van der Waals surface area contributed by atoms with Crippen LogP contribution >= 0.6 is 0 Å². The molecule has 1 amide bonds. The van der Waals surface area contributed by atoms with Crippen molar-refractivity contribution < 1.29 is 13.2 Å². The first-order valence-corrected chi connectivity index (χ1v) is 9.84. The summed E-state index contributed by atoms with van der Waals surface area (Å²) in [4.78, 5) is 16.0. The smallest absolute Gasteiger partial charge is 0.242 e. The summed E-state index contributed by atoms with van der Waals surface area (Å²) in [6.45, 7) is 0.228. The lowest BCUT2D eigenvalue weighted by Gasteiger charge is -2.27. The van der Waals surface area contributed by atoms with E-state index < -0.39 is 9.84 Å². The van der Waals surface area contributed by atoms with Crippen molar-refractivity contribution in [2.75, 3.05) is 37.0 Å². The minimum atomic E-state index is -2.99. The summed E-state index contributed by atoms with van der Waals surface area (Å²) in [6.07, 6.45) is 0.532.